The average molecular weight is 351 g/mol. The van der Waals surface area contributed by atoms with E-state index >= 15 is 0 Å². The number of rotatable bonds is 5. The summed E-state index contributed by atoms with van der Waals surface area (Å²) in [5, 5.41) is 10.9. The summed E-state index contributed by atoms with van der Waals surface area (Å²) in [6.45, 7) is 1.75. The molecule has 2 heterocycles. The lowest BCUT2D eigenvalue weighted by molar-refractivity contribution is 0.0926. The van der Waals surface area contributed by atoms with Gasteiger partial charge in [-0.2, -0.15) is 10.2 Å². The van der Waals surface area contributed by atoms with E-state index in [0.717, 1.165) is 5.56 Å². The molecule has 0 bridgehead atoms. The molecule has 0 aliphatic carbocycles. The number of nitrogens with zero attached hydrogens (tertiary/aromatic N) is 3. The molecule has 8 heteroatoms. The van der Waals surface area contributed by atoms with Crippen molar-refractivity contribution >= 4 is 23.2 Å². The Kier molecular flexibility index (Phi) is 4.93. The Morgan fingerprint density at radius 3 is 2.69 bits per heavy atom. The number of hydrogen-bond acceptors (Lipinski definition) is 5. The molecule has 2 aromatic heterocycles. The van der Waals surface area contributed by atoms with E-state index in [1.165, 1.54) is 10.9 Å². The van der Waals surface area contributed by atoms with Crippen LogP contribution in [0.3, 0.4) is 0 Å². The van der Waals surface area contributed by atoms with Crippen LogP contribution in [0.4, 0.5) is 5.69 Å². The SMILES string of the molecule is C/C(=N/NC(=O)c1ccco1)c1cccc(NC(=O)c2ccnn2C)c1. The summed E-state index contributed by atoms with van der Waals surface area (Å²) in [6.07, 6.45) is 2.98. The fourth-order valence-corrected chi connectivity index (χ4v) is 2.28. The lowest BCUT2D eigenvalue weighted by Gasteiger charge is -2.08. The van der Waals surface area contributed by atoms with Crippen LogP contribution >= 0.6 is 0 Å². The van der Waals surface area contributed by atoms with Gasteiger partial charge in [0.1, 0.15) is 5.69 Å². The second kappa shape index (κ2) is 7.47. The van der Waals surface area contributed by atoms with Gasteiger partial charge in [0.15, 0.2) is 5.76 Å². The van der Waals surface area contributed by atoms with Crippen molar-refractivity contribution in [1.82, 2.24) is 15.2 Å². The van der Waals surface area contributed by atoms with Gasteiger partial charge in [0.2, 0.25) is 0 Å². The molecule has 3 aromatic rings. The predicted molar refractivity (Wildman–Crippen MR) is 96.0 cm³/mol. The first-order valence-electron chi connectivity index (χ1n) is 7.82. The minimum absolute atomic E-state index is 0.179. The molecule has 3 rings (SSSR count). The van der Waals surface area contributed by atoms with Crippen LogP contribution in [0, 0.1) is 0 Å². The zero-order chi connectivity index (χ0) is 18.5. The minimum atomic E-state index is -0.435. The van der Waals surface area contributed by atoms with Crippen molar-refractivity contribution in [2.24, 2.45) is 12.1 Å². The molecule has 0 aliphatic heterocycles. The number of aromatic nitrogens is 2. The third-order valence-electron chi connectivity index (χ3n) is 3.66. The summed E-state index contributed by atoms with van der Waals surface area (Å²) >= 11 is 0. The molecule has 0 atom stereocenters. The van der Waals surface area contributed by atoms with Gasteiger partial charge in [-0.3, -0.25) is 14.3 Å². The van der Waals surface area contributed by atoms with E-state index in [0.29, 0.717) is 17.1 Å². The predicted octanol–water partition coefficient (Wildman–Crippen LogP) is 2.42. The topological polar surface area (TPSA) is 102 Å². The summed E-state index contributed by atoms with van der Waals surface area (Å²) in [4.78, 5) is 24.1. The lowest BCUT2D eigenvalue weighted by atomic mass is 10.1. The second-order valence-corrected chi connectivity index (χ2v) is 5.49. The maximum absolute atomic E-state index is 12.3. The van der Waals surface area contributed by atoms with Gasteiger partial charge in [-0.15, -0.1) is 0 Å². The van der Waals surface area contributed by atoms with Crippen LogP contribution in [0.5, 0.6) is 0 Å². The molecule has 0 saturated carbocycles. The number of hydrazone groups is 1. The van der Waals surface area contributed by atoms with E-state index in [-0.39, 0.29) is 11.7 Å². The van der Waals surface area contributed by atoms with Crippen LogP contribution in [0.2, 0.25) is 0 Å². The Morgan fingerprint density at radius 1 is 1.15 bits per heavy atom. The minimum Gasteiger partial charge on any atom is -0.459 e. The fourth-order valence-electron chi connectivity index (χ4n) is 2.28. The molecule has 0 saturated heterocycles. The Balaban J connectivity index is 1.70. The first kappa shape index (κ1) is 17.2. The highest BCUT2D eigenvalue weighted by Gasteiger charge is 2.11. The van der Waals surface area contributed by atoms with Crippen LogP contribution < -0.4 is 10.7 Å². The van der Waals surface area contributed by atoms with E-state index in [4.69, 9.17) is 4.42 Å². The van der Waals surface area contributed by atoms with Crippen LogP contribution in [-0.4, -0.2) is 27.3 Å². The third-order valence-corrected chi connectivity index (χ3v) is 3.66. The number of carbonyl (C=O) groups is 2. The van der Waals surface area contributed by atoms with Gasteiger partial charge in [-0.05, 0) is 42.8 Å². The summed E-state index contributed by atoms with van der Waals surface area (Å²) < 4.78 is 6.50. The third kappa shape index (κ3) is 3.86. The normalized spacial score (nSPS) is 11.2. The van der Waals surface area contributed by atoms with E-state index in [2.05, 4.69) is 20.9 Å². The molecule has 0 fully saturated rings. The van der Waals surface area contributed by atoms with E-state index in [1.807, 2.05) is 6.07 Å². The Bertz CT molecular complexity index is 957. The van der Waals surface area contributed by atoms with Crippen LogP contribution in [0.15, 0.2) is 64.4 Å². The van der Waals surface area contributed by atoms with Gasteiger partial charge in [0, 0.05) is 18.9 Å². The number of anilines is 1. The molecule has 8 nitrogen and oxygen atoms in total. The van der Waals surface area contributed by atoms with Crippen LogP contribution in [0.1, 0.15) is 33.5 Å². The van der Waals surface area contributed by atoms with Crippen molar-refractivity contribution in [3.63, 3.8) is 0 Å². The first-order chi connectivity index (χ1) is 12.5. The maximum atomic E-state index is 12.3. The highest BCUT2D eigenvalue weighted by Crippen LogP contribution is 2.13. The standard InChI is InChI=1S/C18H17N5O3/c1-12(21-22-18(25)16-7-4-10-26-16)13-5-3-6-14(11-13)20-17(24)15-8-9-19-23(15)2/h3-11H,1-2H3,(H,20,24)(H,22,25)/b21-12-. The smallest absolute Gasteiger partial charge is 0.307 e. The summed E-state index contributed by atoms with van der Waals surface area (Å²) in [5.41, 5.74) is 4.83. The van der Waals surface area contributed by atoms with Gasteiger partial charge in [-0.25, -0.2) is 5.43 Å². The van der Waals surface area contributed by atoms with Gasteiger partial charge in [0.25, 0.3) is 5.91 Å². The number of amides is 2. The molecule has 2 N–H and O–H groups in total. The molecule has 132 valence electrons. The molecular weight excluding hydrogens is 334 g/mol. The molecule has 1 aromatic carbocycles. The molecule has 26 heavy (non-hydrogen) atoms. The van der Waals surface area contributed by atoms with Crippen LogP contribution in [-0.2, 0) is 7.05 Å². The van der Waals surface area contributed by atoms with Crippen molar-refractivity contribution in [2.45, 2.75) is 6.92 Å². The Labute approximate surface area is 149 Å². The number of furan rings is 1. The molecule has 0 unspecified atom stereocenters. The number of nitrogens with one attached hydrogen (secondary N) is 2. The van der Waals surface area contributed by atoms with Gasteiger partial charge in [0.05, 0.1) is 12.0 Å². The maximum Gasteiger partial charge on any atom is 0.307 e. The number of hydrogen-bond donors (Lipinski definition) is 2. The fraction of sp³-hybridized carbons (Fsp3) is 0.111. The van der Waals surface area contributed by atoms with Crippen LogP contribution in [0.25, 0.3) is 0 Å². The number of carbonyl (C=O) groups excluding carboxylic acids is 2. The monoisotopic (exact) mass is 351 g/mol. The van der Waals surface area contributed by atoms with Crippen molar-refractivity contribution in [1.29, 1.82) is 0 Å². The van der Waals surface area contributed by atoms with Crippen molar-refractivity contribution in [2.75, 3.05) is 5.32 Å². The van der Waals surface area contributed by atoms with Gasteiger partial charge in [-0.1, -0.05) is 12.1 Å². The van der Waals surface area contributed by atoms with Gasteiger partial charge >= 0.3 is 5.91 Å². The Morgan fingerprint density at radius 2 is 2.00 bits per heavy atom. The molecular formula is C18H17N5O3. The molecule has 0 spiro atoms. The first-order valence-corrected chi connectivity index (χ1v) is 7.82. The lowest BCUT2D eigenvalue weighted by Crippen LogP contribution is -2.19. The zero-order valence-electron chi connectivity index (χ0n) is 14.3. The van der Waals surface area contributed by atoms with E-state index in [9.17, 15) is 9.59 Å². The van der Waals surface area contributed by atoms with Crippen molar-refractivity contribution in [3.8, 4) is 0 Å². The second-order valence-electron chi connectivity index (χ2n) is 5.49. The molecule has 0 radical (unpaired) electrons. The molecule has 2 amide bonds. The highest BCUT2D eigenvalue weighted by molar-refractivity contribution is 6.05. The van der Waals surface area contributed by atoms with Crippen molar-refractivity contribution < 1.29 is 14.0 Å². The largest absolute Gasteiger partial charge is 0.459 e. The molecule has 0 aliphatic rings. The number of benzene rings is 1. The van der Waals surface area contributed by atoms with E-state index < -0.39 is 5.91 Å². The highest BCUT2D eigenvalue weighted by atomic mass is 16.3. The van der Waals surface area contributed by atoms with Gasteiger partial charge < -0.3 is 9.73 Å². The summed E-state index contributed by atoms with van der Waals surface area (Å²) in [5.74, 6) is -0.517. The average Bonchev–Trinajstić information content (AvgIpc) is 3.31. The van der Waals surface area contributed by atoms with E-state index in [1.54, 1.807) is 56.6 Å². The van der Waals surface area contributed by atoms with Crippen molar-refractivity contribution in [3.05, 3.63) is 71.9 Å². The summed E-state index contributed by atoms with van der Waals surface area (Å²) in [6, 6.07) is 12.0. The number of aryl methyl sites for hydroxylation is 1. The summed E-state index contributed by atoms with van der Waals surface area (Å²) in [7, 11) is 1.70. The quantitative estimate of drug-likeness (QED) is 0.544. The zero-order valence-corrected chi connectivity index (χ0v) is 14.3. The Hall–Kier alpha value is -3.68.